The van der Waals surface area contributed by atoms with Gasteiger partial charge in [0, 0.05) is 47.9 Å². The Labute approximate surface area is 269 Å². The number of ether oxygens (including phenoxy) is 4. The lowest BCUT2D eigenvalue weighted by molar-refractivity contribution is 0.169. The van der Waals surface area contributed by atoms with Gasteiger partial charge in [0.1, 0.15) is 17.1 Å². The van der Waals surface area contributed by atoms with Crippen molar-refractivity contribution in [1.82, 2.24) is 9.88 Å². The zero-order valence-corrected chi connectivity index (χ0v) is 27.0. The molecule has 0 bridgehead atoms. The second-order valence-corrected chi connectivity index (χ2v) is 12.6. The number of fused-ring (bicyclic) bond motifs is 1. The molecule has 2 heterocycles. The Hall–Kier alpha value is -3.15. The highest BCUT2D eigenvalue weighted by atomic mass is 35.5. The summed E-state index contributed by atoms with van der Waals surface area (Å²) in [6.07, 6.45) is 5.04. The second-order valence-electron chi connectivity index (χ2n) is 10.6. The first-order chi connectivity index (χ1) is 21.2. The van der Waals surface area contributed by atoms with Crippen molar-refractivity contribution >= 4 is 51.2 Å². The third kappa shape index (κ3) is 7.73. The first-order valence-corrected chi connectivity index (χ1v) is 16.2. The SMILES string of the molecule is COc1cc2c(Oc3ccc(N[S+]([O-])c4cc(Cl)cc(Cl)c4OC)cc3F)ccnc2cc1OCCCN1CCCC(C)C1. The smallest absolute Gasteiger partial charge is 0.224 e. The van der Waals surface area contributed by atoms with Crippen molar-refractivity contribution in [3.8, 4) is 28.7 Å². The van der Waals surface area contributed by atoms with Crippen LogP contribution in [0.2, 0.25) is 10.0 Å². The van der Waals surface area contributed by atoms with Crippen LogP contribution in [0.4, 0.5) is 10.1 Å². The molecule has 2 atom stereocenters. The Morgan fingerprint density at radius 2 is 1.89 bits per heavy atom. The summed E-state index contributed by atoms with van der Waals surface area (Å²) in [5.74, 6) is 1.77. The molecule has 5 rings (SSSR count). The lowest BCUT2D eigenvalue weighted by Crippen LogP contribution is -2.35. The molecule has 1 aromatic heterocycles. The molecule has 0 spiro atoms. The van der Waals surface area contributed by atoms with Crippen LogP contribution >= 0.6 is 23.2 Å². The van der Waals surface area contributed by atoms with E-state index in [0.717, 1.165) is 32.0 Å². The molecule has 1 aliphatic rings. The minimum Gasteiger partial charge on any atom is -0.588 e. The number of hydrogen-bond acceptors (Lipinski definition) is 8. The van der Waals surface area contributed by atoms with E-state index in [-0.39, 0.29) is 27.1 Å². The molecular formula is C32H34Cl2FN3O5S. The average molecular weight is 663 g/mol. The highest BCUT2D eigenvalue weighted by molar-refractivity contribution is 7.92. The molecule has 4 aromatic rings. The number of pyridine rings is 1. The Kier molecular flexibility index (Phi) is 10.8. The molecule has 234 valence electrons. The molecule has 1 aliphatic heterocycles. The fourth-order valence-electron chi connectivity index (χ4n) is 5.25. The lowest BCUT2D eigenvalue weighted by atomic mass is 10.0. The van der Waals surface area contributed by atoms with Crippen LogP contribution in [0.15, 0.2) is 59.6 Å². The Balaban J connectivity index is 1.27. The number of methoxy groups -OCH3 is 2. The Bertz CT molecular complexity index is 1610. The maximum Gasteiger partial charge on any atom is 0.224 e. The minimum absolute atomic E-state index is 0.0245. The van der Waals surface area contributed by atoms with E-state index in [1.807, 2.05) is 0 Å². The molecule has 1 saturated heterocycles. The van der Waals surface area contributed by atoms with Crippen LogP contribution in [-0.4, -0.2) is 54.9 Å². The van der Waals surface area contributed by atoms with Gasteiger partial charge in [0.2, 0.25) is 4.90 Å². The maximum absolute atomic E-state index is 15.2. The predicted octanol–water partition coefficient (Wildman–Crippen LogP) is 8.13. The summed E-state index contributed by atoms with van der Waals surface area (Å²) < 4.78 is 53.9. The van der Waals surface area contributed by atoms with Crippen LogP contribution in [0.25, 0.3) is 10.9 Å². The number of piperidine rings is 1. The number of aromatic nitrogens is 1. The summed E-state index contributed by atoms with van der Waals surface area (Å²) in [6, 6.07) is 12.4. The molecule has 0 amide bonds. The Morgan fingerprint density at radius 1 is 1.05 bits per heavy atom. The van der Waals surface area contributed by atoms with Gasteiger partial charge in [0.15, 0.2) is 28.8 Å². The summed E-state index contributed by atoms with van der Waals surface area (Å²) in [4.78, 5) is 7.18. The first-order valence-electron chi connectivity index (χ1n) is 14.3. The lowest BCUT2D eigenvalue weighted by Gasteiger charge is -2.30. The van der Waals surface area contributed by atoms with E-state index < -0.39 is 17.2 Å². The van der Waals surface area contributed by atoms with Crippen LogP contribution in [0.5, 0.6) is 28.7 Å². The van der Waals surface area contributed by atoms with E-state index in [4.69, 9.17) is 42.1 Å². The zero-order valence-electron chi connectivity index (χ0n) is 24.7. The van der Waals surface area contributed by atoms with Crippen molar-refractivity contribution < 1.29 is 27.9 Å². The summed E-state index contributed by atoms with van der Waals surface area (Å²) >= 11 is 10.4. The fraction of sp³-hybridized carbons (Fsp3) is 0.344. The zero-order chi connectivity index (χ0) is 31.2. The van der Waals surface area contributed by atoms with Gasteiger partial charge in [-0.2, -0.15) is 0 Å². The predicted molar refractivity (Wildman–Crippen MR) is 173 cm³/mol. The fourth-order valence-corrected chi connectivity index (χ4v) is 6.99. The number of likely N-dealkylation sites (tertiary alicyclic amines) is 1. The minimum atomic E-state index is -1.84. The van der Waals surface area contributed by atoms with E-state index in [1.54, 1.807) is 37.6 Å². The molecule has 1 fully saturated rings. The number of anilines is 1. The van der Waals surface area contributed by atoms with Crippen molar-refractivity contribution in [1.29, 1.82) is 0 Å². The van der Waals surface area contributed by atoms with Crippen LogP contribution in [0.3, 0.4) is 0 Å². The first kappa shape index (κ1) is 32.2. The van der Waals surface area contributed by atoms with Crippen molar-refractivity contribution in [2.75, 3.05) is 45.2 Å². The third-order valence-electron chi connectivity index (χ3n) is 7.34. The number of benzene rings is 3. The molecule has 44 heavy (non-hydrogen) atoms. The molecule has 1 N–H and O–H groups in total. The van der Waals surface area contributed by atoms with Gasteiger partial charge in [-0.25, -0.2) is 9.11 Å². The van der Waals surface area contributed by atoms with Gasteiger partial charge in [-0.05, 0) is 62.1 Å². The molecule has 12 heteroatoms. The van der Waals surface area contributed by atoms with E-state index in [2.05, 4.69) is 21.5 Å². The molecule has 0 radical (unpaired) electrons. The molecule has 2 unspecified atom stereocenters. The van der Waals surface area contributed by atoms with E-state index in [9.17, 15) is 4.55 Å². The van der Waals surface area contributed by atoms with Crippen LogP contribution < -0.4 is 23.7 Å². The third-order valence-corrected chi connectivity index (χ3v) is 8.97. The maximum atomic E-state index is 15.2. The summed E-state index contributed by atoms with van der Waals surface area (Å²) in [7, 11) is 2.98. The topological polar surface area (TPSA) is 88.1 Å². The summed E-state index contributed by atoms with van der Waals surface area (Å²) in [6.45, 7) is 6.13. The molecule has 8 nitrogen and oxygen atoms in total. The second kappa shape index (κ2) is 14.8. The van der Waals surface area contributed by atoms with Crippen LogP contribution in [0.1, 0.15) is 26.2 Å². The van der Waals surface area contributed by atoms with Crippen LogP contribution in [-0.2, 0) is 11.4 Å². The summed E-state index contributed by atoms with van der Waals surface area (Å²) in [5.41, 5.74) is 0.871. The van der Waals surface area contributed by atoms with Gasteiger partial charge in [-0.1, -0.05) is 30.1 Å². The normalized spacial score (nSPS) is 16.0. The molecule has 0 saturated carbocycles. The molecular weight excluding hydrogens is 628 g/mol. The highest BCUT2D eigenvalue weighted by Crippen LogP contribution is 2.39. The number of nitrogens with one attached hydrogen (secondary N) is 1. The molecule has 0 aliphatic carbocycles. The van der Waals surface area contributed by atoms with Crippen molar-refractivity contribution in [3.63, 3.8) is 0 Å². The van der Waals surface area contributed by atoms with Gasteiger partial charge in [-0.3, -0.25) is 4.98 Å². The number of hydrogen-bond donors (Lipinski definition) is 1. The Morgan fingerprint density at radius 3 is 2.64 bits per heavy atom. The van der Waals surface area contributed by atoms with Gasteiger partial charge >= 0.3 is 0 Å². The quantitative estimate of drug-likeness (QED) is 0.120. The summed E-state index contributed by atoms with van der Waals surface area (Å²) in [5, 5.41) is 1.13. The highest BCUT2D eigenvalue weighted by Gasteiger charge is 2.23. The van der Waals surface area contributed by atoms with Crippen molar-refractivity contribution in [2.45, 2.75) is 31.1 Å². The number of halogens is 3. The standard InChI is InChI=1S/C32H34Cl2FN3O5S/c1-20-6-4-11-38(19-20)12-5-13-42-30-18-26-23(17-29(30)40-2)27(9-10-36-26)43-28-8-7-22(16-25(28)35)37-44(39)31-15-21(33)14-24(34)32(31)41-3/h7-10,14-18,20,37H,4-6,11-13,19H2,1-3H3. The van der Waals surface area contributed by atoms with Crippen molar-refractivity contribution in [3.05, 3.63) is 70.6 Å². The van der Waals surface area contributed by atoms with Gasteiger partial charge < -0.3 is 28.4 Å². The van der Waals surface area contributed by atoms with E-state index in [1.165, 1.54) is 44.2 Å². The number of rotatable bonds is 12. The molecule has 3 aromatic carbocycles. The van der Waals surface area contributed by atoms with Crippen LogP contribution in [0, 0.1) is 11.7 Å². The number of nitrogens with zero attached hydrogens (tertiary/aromatic N) is 2. The van der Waals surface area contributed by atoms with Gasteiger partial charge in [0.05, 0.1) is 37.1 Å². The monoisotopic (exact) mass is 661 g/mol. The van der Waals surface area contributed by atoms with E-state index in [0.29, 0.717) is 39.8 Å². The van der Waals surface area contributed by atoms with Gasteiger partial charge in [-0.15, -0.1) is 0 Å². The average Bonchev–Trinajstić information content (AvgIpc) is 3.00. The largest absolute Gasteiger partial charge is 0.588 e. The van der Waals surface area contributed by atoms with E-state index >= 15 is 4.39 Å². The van der Waals surface area contributed by atoms with Crippen molar-refractivity contribution in [2.24, 2.45) is 5.92 Å². The van der Waals surface area contributed by atoms with Gasteiger partial charge in [0.25, 0.3) is 0 Å².